The van der Waals surface area contributed by atoms with Crippen molar-refractivity contribution in [2.24, 2.45) is 5.92 Å². The smallest absolute Gasteiger partial charge is 0.284 e. The molecular formula is C15H17N3O3S. The van der Waals surface area contributed by atoms with E-state index in [9.17, 15) is 4.79 Å². The summed E-state index contributed by atoms with van der Waals surface area (Å²) in [6, 6.07) is 7.14. The number of rotatable bonds is 6. The molecule has 116 valence electrons. The highest BCUT2D eigenvalue weighted by molar-refractivity contribution is 7.71. The Kier molecular flexibility index (Phi) is 4.35. The van der Waals surface area contributed by atoms with Crippen molar-refractivity contribution >= 4 is 18.1 Å². The molecule has 1 amide bonds. The number of hydrogen-bond donors (Lipinski definition) is 2. The second kappa shape index (κ2) is 6.41. The molecule has 1 saturated carbocycles. The zero-order valence-electron chi connectivity index (χ0n) is 12.2. The van der Waals surface area contributed by atoms with Gasteiger partial charge in [0.05, 0.1) is 12.6 Å². The number of methoxy groups -OCH3 is 1. The first-order valence-corrected chi connectivity index (χ1v) is 7.54. The molecule has 1 aromatic carbocycles. The summed E-state index contributed by atoms with van der Waals surface area (Å²) in [5, 5.41) is 9.55. The summed E-state index contributed by atoms with van der Waals surface area (Å²) in [6.07, 6.45) is 2.30. The van der Waals surface area contributed by atoms with E-state index in [1.807, 2.05) is 0 Å². The van der Waals surface area contributed by atoms with Crippen LogP contribution in [0.1, 0.15) is 23.2 Å². The largest absolute Gasteiger partial charge is 0.409 e. The predicted molar refractivity (Wildman–Crippen MR) is 83.0 cm³/mol. The van der Waals surface area contributed by atoms with Crippen LogP contribution in [0.2, 0.25) is 0 Å². The standard InChI is InChI=1S/C15H17N3O3S/c1-20-8-12(9-2-3-9)16-13(19)10-4-6-11(7-5-10)14-17-18-15(22)21-14/h4-7,9,12H,2-3,8H2,1H3,(H,16,19)(H,18,22)/t12-/m1/s1. The zero-order valence-corrected chi connectivity index (χ0v) is 13.0. The van der Waals surface area contributed by atoms with E-state index in [1.54, 1.807) is 31.4 Å². The van der Waals surface area contributed by atoms with Crippen LogP contribution in [0.15, 0.2) is 28.7 Å². The maximum absolute atomic E-state index is 12.3. The van der Waals surface area contributed by atoms with Crippen LogP contribution in [0, 0.1) is 10.8 Å². The van der Waals surface area contributed by atoms with Gasteiger partial charge in [0, 0.05) is 18.2 Å². The fourth-order valence-electron chi connectivity index (χ4n) is 2.34. The van der Waals surface area contributed by atoms with Crippen LogP contribution in [0.25, 0.3) is 11.5 Å². The maximum Gasteiger partial charge on any atom is 0.284 e. The second-order valence-electron chi connectivity index (χ2n) is 5.37. The Hall–Kier alpha value is -1.99. The monoisotopic (exact) mass is 319 g/mol. The Balaban J connectivity index is 1.69. The highest BCUT2D eigenvalue weighted by Gasteiger charge is 2.32. The van der Waals surface area contributed by atoms with Gasteiger partial charge in [0.25, 0.3) is 10.7 Å². The van der Waals surface area contributed by atoms with Crippen molar-refractivity contribution in [1.29, 1.82) is 0 Å². The van der Waals surface area contributed by atoms with Gasteiger partial charge in [-0.15, -0.1) is 5.10 Å². The van der Waals surface area contributed by atoms with Crippen molar-refractivity contribution in [2.45, 2.75) is 18.9 Å². The average Bonchev–Trinajstić information content (AvgIpc) is 3.28. The molecule has 1 heterocycles. The molecule has 6 nitrogen and oxygen atoms in total. The molecule has 1 atom stereocenters. The van der Waals surface area contributed by atoms with E-state index in [4.69, 9.17) is 21.4 Å². The van der Waals surface area contributed by atoms with E-state index in [1.165, 1.54) is 0 Å². The minimum absolute atomic E-state index is 0.0845. The van der Waals surface area contributed by atoms with Gasteiger partial charge in [-0.25, -0.2) is 5.10 Å². The Labute approximate surface area is 132 Å². The van der Waals surface area contributed by atoms with E-state index in [0.717, 1.165) is 18.4 Å². The first kappa shape index (κ1) is 14.9. The molecule has 2 aromatic rings. The van der Waals surface area contributed by atoms with E-state index in [-0.39, 0.29) is 16.8 Å². The Morgan fingerprint density at radius 3 is 2.77 bits per heavy atom. The van der Waals surface area contributed by atoms with Gasteiger partial charge in [-0.1, -0.05) is 0 Å². The Morgan fingerprint density at radius 1 is 1.50 bits per heavy atom. The Bertz CT molecular complexity index is 703. The van der Waals surface area contributed by atoms with Crippen LogP contribution < -0.4 is 5.32 Å². The summed E-state index contributed by atoms with van der Waals surface area (Å²) >= 11 is 4.84. The first-order valence-electron chi connectivity index (χ1n) is 7.13. The van der Waals surface area contributed by atoms with Crippen LogP contribution >= 0.6 is 12.2 Å². The molecule has 7 heteroatoms. The van der Waals surface area contributed by atoms with Gasteiger partial charge < -0.3 is 14.5 Å². The molecular weight excluding hydrogens is 302 g/mol. The highest BCUT2D eigenvalue weighted by atomic mass is 32.1. The number of nitrogens with one attached hydrogen (secondary N) is 2. The molecule has 0 spiro atoms. The molecule has 1 aliphatic carbocycles. The van der Waals surface area contributed by atoms with Gasteiger partial charge >= 0.3 is 0 Å². The number of amides is 1. The van der Waals surface area contributed by atoms with E-state index in [2.05, 4.69) is 15.5 Å². The summed E-state index contributed by atoms with van der Waals surface area (Å²) in [7, 11) is 1.65. The quantitative estimate of drug-likeness (QED) is 0.800. The number of nitrogens with zero attached hydrogens (tertiary/aromatic N) is 1. The lowest BCUT2D eigenvalue weighted by molar-refractivity contribution is 0.0884. The van der Waals surface area contributed by atoms with Crippen molar-refractivity contribution < 1.29 is 13.9 Å². The number of carbonyl (C=O) groups is 1. The van der Waals surface area contributed by atoms with Gasteiger partial charge in [-0.05, 0) is 55.2 Å². The summed E-state index contributed by atoms with van der Waals surface area (Å²) < 4.78 is 10.4. The number of H-pyrrole nitrogens is 1. The molecule has 3 rings (SSSR count). The number of ether oxygens (including phenoxy) is 1. The van der Waals surface area contributed by atoms with Crippen LogP contribution in [0.5, 0.6) is 0 Å². The van der Waals surface area contributed by atoms with Crippen LogP contribution in [-0.4, -0.2) is 35.9 Å². The second-order valence-corrected chi connectivity index (χ2v) is 5.74. The molecule has 0 radical (unpaired) electrons. The lowest BCUT2D eigenvalue weighted by Crippen LogP contribution is -2.39. The normalized spacial score (nSPS) is 15.5. The number of aromatic amines is 1. The third-order valence-corrected chi connectivity index (χ3v) is 3.86. The summed E-state index contributed by atoms with van der Waals surface area (Å²) in [6.45, 7) is 0.544. The van der Waals surface area contributed by atoms with Crippen molar-refractivity contribution in [2.75, 3.05) is 13.7 Å². The van der Waals surface area contributed by atoms with Crippen molar-refractivity contribution in [3.05, 3.63) is 34.7 Å². The van der Waals surface area contributed by atoms with Gasteiger partial charge in [0.2, 0.25) is 5.89 Å². The first-order chi connectivity index (χ1) is 10.7. The SMILES string of the molecule is COC[C@@H](NC(=O)c1ccc(-c2n[nH]c(=S)o2)cc1)C1CC1. The third-order valence-electron chi connectivity index (χ3n) is 3.69. The van der Waals surface area contributed by atoms with Crippen LogP contribution in [0.4, 0.5) is 0 Å². The number of hydrogen-bond acceptors (Lipinski definition) is 5. The van der Waals surface area contributed by atoms with Crippen molar-refractivity contribution in [1.82, 2.24) is 15.5 Å². The van der Waals surface area contributed by atoms with Crippen LogP contribution in [-0.2, 0) is 4.74 Å². The van der Waals surface area contributed by atoms with Crippen LogP contribution in [0.3, 0.4) is 0 Å². The summed E-state index contributed by atoms with van der Waals surface area (Å²) in [5.74, 6) is 0.854. The molecule has 0 saturated heterocycles. The third kappa shape index (κ3) is 3.42. The topological polar surface area (TPSA) is 80.1 Å². The molecule has 1 aliphatic rings. The van der Waals surface area contributed by atoms with Crippen molar-refractivity contribution in [3.63, 3.8) is 0 Å². The number of carbonyl (C=O) groups excluding carboxylic acids is 1. The predicted octanol–water partition coefficient (Wildman–Crippen LogP) is 2.55. The van der Waals surface area contributed by atoms with Gasteiger partial charge in [-0.3, -0.25) is 4.79 Å². The molecule has 2 N–H and O–H groups in total. The van der Waals surface area contributed by atoms with Gasteiger partial charge in [0.1, 0.15) is 0 Å². The van der Waals surface area contributed by atoms with E-state index < -0.39 is 0 Å². The zero-order chi connectivity index (χ0) is 15.5. The minimum Gasteiger partial charge on any atom is -0.409 e. The fraction of sp³-hybridized carbons (Fsp3) is 0.400. The lowest BCUT2D eigenvalue weighted by Gasteiger charge is -2.17. The molecule has 1 aromatic heterocycles. The highest BCUT2D eigenvalue weighted by Crippen LogP contribution is 2.32. The van der Waals surface area contributed by atoms with Gasteiger partial charge in [0.15, 0.2) is 0 Å². The fourth-order valence-corrected chi connectivity index (χ4v) is 2.47. The molecule has 1 fully saturated rings. The number of aromatic nitrogens is 2. The Morgan fingerprint density at radius 2 is 2.23 bits per heavy atom. The molecule has 0 bridgehead atoms. The summed E-state index contributed by atoms with van der Waals surface area (Å²) in [5.41, 5.74) is 1.36. The molecule has 22 heavy (non-hydrogen) atoms. The van der Waals surface area contributed by atoms with E-state index in [0.29, 0.717) is 24.0 Å². The lowest BCUT2D eigenvalue weighted by atomic mass is 10.1. The van der Waals surface area contributed by atoms with Gasteiger partial charge in [-0.2, -0.15) is 0 Å². The minimum atomic E-state index is -0.0941. The van der Waals surface area contributed by atoms with Crippen molar-refractivity contribution in [3.8, 4) is 11.5 Å². The summed E-state index contributed by atoms with van der Waals surface area (Å²) in [4.78, 5) is 12.5. The number of benzene rings is 1. The van der Waals surface area contributed by atoms with E-state index >= 15 is 0 Å². The maximum atomic E-state index is 12.3. The molecule has 0 aliphatic heterocycles. The molecule has 0 unspecified atom stereocenters. The average molecular weight is 319 g/mol.